The third-order valence-electron chi connectivity index (χ3n) is 6.25. The molecule has 0 radical (unpaired) electrons. The fraction of sp³-hybridized carbons (Fsp3) is 0.296. The lowest BCUT2D eigenvalue weighted by molar-refractivity contribution is -0.131. The van der Waals surface area contributed by atoms with Gasteiger partial charge in [0.15, 0.2) is 0 Å². The van der Waals surface area contributed by atoms with Gasteiger partial charge in [0, 0.05) is 25.5 Å². The van der Waals surface area contributed by atoms with E-state index < -0.39 is 39.7 Å². The molecule has 1 aliphatic heterocycles. The lowest BCUT2D eigenvalue weighted by Gasteiger charge is -2.34. The van der Waals surface area contributed by atoms with E-state index in [2.05, 4.69) is 15.6 Å². The number of sulfonamides is 1. The van der Waals surface area contributed by atoms with Crippen LogP contribution in [0, 0.1) is 5.82 Å². The average Bonchev–Trinajstić information content (AvgIpc) is 2.92. The Hall–Kier alpha value is -3.63. The van der Waals surface area contributed by atoms with Crippen LogP contribution in [0.15, 0.2) is 79.1 Å². The third kappa shape index (κ3) is 6.99. The molecule has 10 heteroatoms. The van der Waals surface area contributed by atoms with E-state index >= 15 is 0 Å². The number of nitrogens with one attached hydrogen (secondary N) is 2. The highest BCUT2D eigenvalue weighted by Crippen LogP contribution is 2.24. The van der Waals surface area contributed by atoms with Crippen molar-refractivity contribution in [2.24, 2.45) is 0 Å². The molecule has 0 saturated carbocycles. The molecule has 2 N–H and O–H groups in total. The SMILES string of the molecule is O=C(NCc1cccnc1)C(NC(=O)C1CCCCN1S(=O)(=O)Cc1ccccc1)c1ccc(F)cc1. The second-order valence-corrected chi connectivity index (χ2v) is 10.9. The first kappa shape index (κ1) is 26.4. The van der Waals surface area contributed by atoms with E-state index in [1.54, 1.807) is 48.8 Å². The molecular formula is C27H29FN4O4S. The number of halogens is 1. The number of hydrogen-bond donors (Lipinski definition) is 2. The maximum atomic E-state index is 13.6. The summed E-state index contributed by atoms with van der Waals surface area (Å²) in [5, 5.41) is 5.50. The van der Waals surface area contributed by atoms with Gasteiger partial charge in [0.1, 0.15) is 17.9 Å². The zero-order chi connectivity index (χ0) is 26.3. The minimum atomic E-state index is -3.79. The first-order valence-corrected chi connectivity index (χ1v) is 13.7. The Morgan fingerprint density at radius 2 is 1.73 bits per heavy atom. The van der Waals surface area contributed by atoms with Crippen LogP contribution >= 0.6 is 0 Å². The molecule has 2 heterocycles. The zero-order valence-electron chi connectivity index (χ0n) is 20.2. The third-order valence-corrected chi connectivity index (χ3v) is 8.10. The van der Waals surface area contributed by atoms with Gasteiger partial charge in [0.05, 0.1) is 5.75 Å². The van der Waals surface area contributed by atoms with E-state index in [4.69, 9.17) is 0 Å². The Bertz CT molecular complexity index is 1310. The Labute approximate surface area is 216 Å². The van der Waals surface area contributed by atoms with Crippen molar-refractivity contribution >= 4 is 21.8 Å². The van der Waals surface area contributed by atoms with Crippen LogP contribution in [0.4, 0.5) is 4.39 Å². The maximum Gasteiger partial charge on any atom is 0.247 e. The van der Waals surface area contributed by atoms with Crippen LogP contribution in [0.5, 0.6) is 0 Å². The molecule has 1 aromatic heterocycles. The lowest BCUT2D eigenvalue weighted by Crippen LogP contribution is -2.54. The number of carbonyl (C=O) groups is 2. The molecule has 1 saturated heterocycles. The molecule has 37 heavy (non-hydrogen) atoms. The van der Waals surface area contributed by atoms with Crippen molar-refractivity contribution in [1.82, 2.24) is 19.9 Å². The first-order chi connectivity index (χ1) is 17.8. The van der Waals surface area contributed by atoms with E-state index in [9.17, 15) is 22.4 Å². The summed E-state index contributed by atoms with van der Waals surface area (Å²) < 4.78 is 41.4. The Morgan fingerprint density at radius 3 is 2.43 bits per heavy atom. The van der Waals surface area contributed by atoms with Gasteiger partial charge in [-0.3, -0.25) is 14.6 Å². The van der Waals surface area contributed by atoms with Crippen molar-refractivity contribution in [2.45, 2.75) is 43.6 Å². The van der Waals surface area contributed by atoms with E-state index in [1.807, 2.05) is 6.07 Å². The largest absolute Gasteiger partial charge is 0.350 e. The van der Waals surface area contributed by atoms with Crippen LogP contribution in [-0.2, 0) is 31.9 Å². The summed E-state index contributed by atoms with van der Waals surface area (Å²) in [4.78, 5) is 30.6. The fourth-order valence-corrected chi connectivity index (χ4v) is 6.13. The molecule has 1 fully saturated rings. The predicted molar refractivity (Wildman–Crippen MR) is 137 cm³/mol. The van der Waals surface area contributed by atoms with Crippen molar-refractivity contribution in [1.29, 1.82) is 0 Å². The van der Waals surface area contributed by atoms with E-state index in [0.717, 1.165) is 5.56 Å². The van der Waals surface area contributed by atoms with Gasteiger partial charge >= 0.3 is 0 Å². The van der Waals surface area contributed by atoms with Crippen LogP contribution in [-0.4, -0.2) is 42.1 Å². The van der Waals surface area contributed by atoms with E-state index in [0.29, 0.717) is 30.4 Å². The summed E-state index contributed by atoms with van der Waals surface area (Å²) in [5.41, 5.74) is 1.78. The van der Waals surface area contributed by atoms with Crippen LogP contribution in [0.25, 0.3) is 0 Å². The molecule has 8 nitrogen and oxygen atoms in total. The highest BCUT2D eigenvalue weighted by atomic mass is 32.2. The highest BCUT2D eigenvalue weighted by Gasteiger charge is 2.38. The van der Waals surface area contributed by atoms with Crippen molar-refractivity contribution in [2.75, 3.05) is 6.54 Å². The van der Waals surface area contributed by atoms with Gasteiger partial charge in [-0.25, -0.2) is 12.8 Å². The fourth-order valence-electron chi connectivity index (χ4n) is 4.36. The standard InChI is InChI=1S/C27H29FN4O4S/c28-23-13-11-22(12-14-23)25(27(34)30-18-21-9-6-15-29-17-21)31-26(33)24-10-4-5-16-32(24)37(35,36)19-20-7-2-1-3-8-20/h1-3,6-9,11-15,17,24-25H,4-5,10,16,18-19H2,(H,30,34)(H,31,33). The van der Waals surface area contributed by atoms with E-state index in [1.165, 1.54) is 28.6 Å². The maximum absolute atomic E-state index is 13.6. The molecule has 194 valence electrons. The summed E-state index contributed by atoms with van der Waals surface area (Å²) in [6.45, 7) is 0.406. The normalized spacial score (nSPS) is 17.1. The summed E-state index contributed by atoms with van der Waals surface area (Å²) >= 11 is 0. The molecule has 2 atom stereocenters. The predicted octanol–water partition coefficient (Wildman–Crippen LogP) is 3.08. The van der Waals surface area contributed by atoms with Crippen LogP contribution in [0.3, 0.4) is 0 Å². The summed E-state index contributed by atoms with van der Waals surface area (Å²) in [7, 11) is -3.79. The van der Waals surface area contributed by atoms with Gasteiger partial charge in [-0.05, 0) is 47.7 Å². The second kappa shape index (κ2) is 12.1. The van der Waals surface area contributed by atoms with Gasteiger partial charge in [0.25, 0.3) is 0 Å². The molecule has 2 amide bonds. The molecule has 0 spiro atoms. The van der Waals surface area contributed by atoms with Crippen molar-refractivity contribution in [3.8, 4) is 0 Å². The quantitative estimate of drug-likeness (QED) is 0.447. The second-order valence-electron chi connectivity index (χ2n) is 8.94. The summed E-state index contributed by atoms with van der Waals surface area (Å²) in [6.07, 6.45) is 4.90. The van der Waals surface area contributed by atoms with Gasteiger partial charge in [-0.2, -0.15) is 4.31 Å². The minimum absolute atomic E-state index is 0.182. The van der Waals surface area contributed by atoms with Crippen LogP contribution in [0.1, 0.15) is 42.0 Å². The van der Waals surface area contributed by atoms with Gasteiger partial charge in [-0.15, -0.1) is 0 Å². The van der Waals surface area contributed by atoms with Crippen LogP contribution < -0.4 is 10.6 Å². The average molecular weight is 525 g/mol. The summed E-state index contributed by atoms with van der Waals surface area (Å²) in [6, 6.07) is 15.5. The first-order valence-electron chi connectivity index (χ1n) is 12.1. The minimum Gasteiger partial charge on any atom is -0.350 e. The van der Waals surface area contributed by atoms with Gasteiger partial charge < -0.3 is 10.6 Å². The number of piperidine rings is 1. The van der Waals surface area contributed by atoms with Gasteiger partial charge in [0.2, 0.25) is 21.8 Å². The molecule has 2 unspecified atom stereocenters. The van der Waals surface area contributed by atoms with Crippen LogP contribution in [0.2, 0.25) is 0 Å². The Kier molecular flexibility index (Phi) is 8.62. The molecule has 1 aliphatic rings. The monoisotopic (exact) mass is 524 g/mol. The Morgan fingerprint density at radius 1 is 1.00 bits per heavy atom. The number of pyridine rings is 1. The molecular weight excluding hydrogens is 495 g/mol. The molecule has 3 aromatic rings. The number of benzene rings is 2. The van der Waals surface area contributed by atoms with Crippen molar-refractivity contribution in [3.63, 3.8) is 0 Å². The number of aromatic nitrogens is 1. The summed E-state index contributed by atoms with van der Waals surface area (Å²) in [5.74, 6) is -1.76. The Balaban J connectivity index is 1.53. The van der Waals surface area contributed by atoms with Crippen molar-refractivity contribution in [3.05, 3.63) is 102 Å². The molecule has 0 aliphatic carbocycles. The molecule has 4 rings (SSSR count). The smallest absolute Gasteiger partial charge is 0.247 e. The number of hydrogen-bond acceptors (Lipinski definition) is 5. The highest BCUT2D eigenvalue weighted by molar-refractivity contribution is 7.88. The number of rotatable bonds is 9. The topological polar surface area (TPSA) is 108 Å². The molecule has 2 aromatic carbocycles. The number of amides is 2. The van der Waals surface area contributed by atoms with Crippen molar-refractivity contribution < 1.29 is 22.4 Å². The number of carbonyl (C=O) groups excluding carboxylic acids is 2. The lowest BCUT2D eigenvalue weighted by atomic mass is 10.0. The van der Waals surface area contributed by atoms with Gasteiger partial charge in [-0.1, -0.05) is 55.0 Å². The number of nitrogens with zero attached hydrogens (tertiary/aromatic N) is 2. The van der Waals surface area contributed by atoms with E-state index in [-0.39, 0.29) is 18.8 Å². The zero-order valence-corrected chi connectivity index (χ0v) is 21.0. The molecule has 0 bridgehead atoms.